The first kappa shape index (κ1) is 10.4. The van der Waals surface area contributed by atoms with E-state index in [1.165, 1.54) is 0 Å². The van der Waals surface area contributed by atoms with Gasteiger partial charge >= 0.3 is 0 Å². The van der Waals surface area contributed by atoms with E-state index in [0.717, 1.165) is 17.7 Å². The number of ether oxygens (including phenoxy) is 1. The summed E-state index contributed by atoms with van der Waals surface area (Å²) in [6.45, 7) is 0.676. The molecule has 15 heavy (non-hydrogen) atoms. The van der Waals surface area contributed by atoms with Crippen molar-refractivity contribution in [2.45, 2.75) is 31.6 Å². The predicted molar refractivity (Wildman–Crippen MR) is 57.8 cm³/mol. The molecule has 0 saturated heterocycles. The van der Waals surface area contributed by atoms with Gasteiger partial charge in [-0.3, -0.25) is 0 Å². The molecule has 0 radical (unpaired) electrons. The van der Waals surface area contributed by atoms with Crippen molar-refractivity contribution in [3.05, 3.63) is 29.8 Å². The van der Waals surface area contributed by atoms with Crippen molar-refractivity contribution in [3.63, 3.8) is 0 Å². The minimum absolute atomic E-state index is 0.0370. The predicted octanol–water partition coefficient (Wildman–Crippen LogP) is 2.29. The van der Waals surface area contributed by atoms with E-state index < -0.39 is 6.17 Å². The van der Waals surface area contributed by atoms with E-state index in [-0.39, 0.29) is 6.04 Å². The second-order valence-electron chi connectivity index (χ2n) is 3.89. The fourth-order valence-corrected chi connectivity index (χ4v) is 1.78. The van der Waals surface area contributed by atoms with E-state index in [1.54, 1.807) is 7.11 Å². The largest absolute Gasteiger partial charge is 0.496 e. The van der Waals surface area contributed by atoms with E-state index in [1.807, 2.05) is 24.3 Å². The Balaban J connectivity index is 1.92. The minimum atomic E-state index is -0.667. The molecule has 0 aliphatic heterocycles. The van der Waals surface area contributed by atoms with Crippen molar-refractivity contribution < 1.29 is 9.13 Å². The maximum atomic E-state index is 13.0. The lowest BCUT2D eigenvalue weighted by atomic mass is 9.90. The highest BCUT2D eigenvalue weighted by atomic mass is 19.1. The number of nitrogens with one attached hydrogen (secondary N) is 1. The Hall–Kier alpha value is -1.09. The first-order valence-corrected chi connectivity index (χ1v) is 5.30. The van der Waals surface area contributed by atoms with E-state index in [9.17, 15) is 4.39 Å². The van der Waals surface area contributed by atoms with Crippen LogP contribution in [0, 0.1) is 0 Å². The molecule has 2 nitrogen and oxygen atoms in total. The van der Waals surface area contributed by atoms with Gasteiger partial charge in [-0.25, -0.2) is 4.39 Å². The molecule has 1 aromatic rings. The quantitative estimate of drug-likeness (QED) is 0.821. The van der Waals surface area contributed by atoms with Crippen molar-refractivity contribution in [2.75, 3.05) is 7.11 Å². The smallest absolute Gasteiger partial charge is 0.123 e. The Morgan fingerprint density at radius 2 is 2.20 bits per heavy atom. The molecule has 0 aromatic heterocycles. The number of halogens is 1. The molecule has 1 aliphatic carbocycles. The summed E-state index contributed by atoms with van der Waals surface area (Å²) in [5, 5.41) is 3.20. The Labute approximate surface area is 89.4 Å². The van der Waals surface area contributed by atoms with Gasteiger partial charge in [0, 0.05) is 18.2 Å². The molecule has 0 spiro atoms. The first-order chi connectivity index (χ1) is 7.31. The second kappa shape index (κ2) is 4.62. The summed E-state index contributed by atoms with van der Waals surface area (Å²) < 4.78 is 18.2. The molecule has 2 atom stereocenters. The monoisotopic (exact) mass is 209 g/mol. The van der Waals surface area contributed by atoms with Crippen LogP contribution >= 0.6 is 0 Å². The summed E-state index contributed by atoms with van der Waals surface area (Å²) >= 11 is 0. The van der Waals surface area contributed by atoms with Gasteiger partial charge in [0.1, 0.15) is 11.9 Å². The molecule has 3 heteroatoms. The molecule has 1 aromatic carbocycles. The Bertz CT molecular complexity index is 329. The lowest BCUT2D eigenvalue weighted by molar-refractivity contribution is 0.141. The van der Waals surface area contributed by atoms with Crippen molar-refractivity contribution in [1.82, 2.24) is 5.32 Å². The molecule has 1 aliphatic rings. The zero-order valence-electron chi connectivity index (χ0n) is 8.87. The standard InChI is InChI=1S/C12H16FNO/c1-15-12-5-3-2-4-9(12)8-14-11-7-6-10(11)13/h2-5,10-11,14H,6-8H2,1H3. The van der Waals surface area contributed by atoms with Crippen LogP contribution in [0.1, 0.15) is 18.4 Å². The Morgan fingerprint density at radius 3 is 2.80 bits per heavy atom. The van der Waals surface area contributed by atoms with Gasteiger partial charge in [-0.2, -0.15) is 0 Å². The van der Waals surface area contributed by atoms with E-state index in [4.69, 9.17) is 4.74 Å². The van der Waals surface area contributed by atoms with Gasteiger partial charge < -0.3 is 10.1 Å². The van der Waals surface area contributed by atoms with E-state index in [0.29, 0.717) is 13.0 Å². The first-order valence-electron chi connectivity index (χ1n) is 5.30. The van der Waals surface area contributed by atoms with Crippen LogP contribution in [0.4, 0.5) is 4.39 Å². The summed E-state index contributed by atoms with van der Waals surface area (Å²) in [5.74, 6) is 0.861. The van der Waals surface area contributed by atoms with Crippen LogP contribution in [0.3, 0.4) is 0 Å². The summed E-state index contributed by atoms with van der Waals surface area (Å²) in [7, 11) is 1.65. The van der Waals surface area contributed by atoms with Crippen molar-refractivity contribution in [2.24, 2.45) is 0 Å². The third-order valence-electron chi connectivity index (χ3n) is 2.94. The summed E-state index contributed by atoms with van der Waals surface area (Å²) in [6, 6.07) is 7.86. The van der Waals surface area contributed by atoms with Crippen LogP contribution in [0.25, 0.3) is 0 Å². The maximum Gasteiger partial charge on any atom is 0.123 e. The zero-order valence-corrected chi connectivity index (χ0v) is 8.87. The van der Waals surface area contributed by atoms with Crippen LogP contribution in [-0.2, 0) is 6.54 Å². The van der Waals surface area contributed by atoms with E-state index in [2.05, 4.69) is 5.32 Å². The van der Waals surface area contributed by atoms with Crippen molar-refractivity contribution in [3.8, 4) is 5.75 Å². The second-order valence-corrected chi connectivity index (χ2v) is 3.89. The number of para-hydroxylation sites is 1. The average molecular weight is 209 g/mol. The van der Waals surface area contributed by atoms with Gasteiger partial charge in [0.05, 0.1) is 7.11 Å². The van der Waals surface area contributed by atoms with Gasteiger partial charge in [-0.05, 0) is 18.9 Å². The molecular formula is C12H16FNO. The third-order valence-corrected chi connectivity index (χ3v) is 2.94. The molecule has 1 saturated carbocycles. The van der Waals surface area contributed by atoms with Gasteiger partial charge in [0.15, 0.2) is 0 Å². The van der Waals surface area contributed by atoms with Crippen LogP contribution in [-0.4, -0.2) is 19.3 Å². The van der Waals surface area contributed by atoms with Crippen LogP contribution in [0.5, 0.6) is 5.75 Å². The highest BCUT2D eigenvalue weighted by Crippen LogP contribution is 2.24. The van der Waals surface area contributed by atoms with Crippen LogP contribution < -0.4 is 10.1 Å². The van der Waals surface area contributed by atoms with Crippen LogP contribution in [0.15, 0.2) is 24.3 Å². The SMILES string of the molecule is COc1ccccc1CNC1CCC1F. The highest BCUT2D eigenvalue weighted by molar-refractivity contribution is 5.33. The molecule has 1 fully saturated rings. The number of rotatable bonds is 4. The molecule has 0 heterocycles. The minimum Gasteiger partial charge on any atom is -0.496 e. The van der Waals surface area contributed by atoms with Gasteiger partial charge in [-0.1, -0.05) is 18.2 Å². The molecule has 2 unspecified atom stereocenters. The maximum absolute atomic E-state index is 13.0. The number of methoxy groups -OCH3 is 1. The van der Waals surface area contributed by atoms with Gasteiger partial charge in [0.25, 0.3) is 0 Å². The van der Waals surface area contributed by atoms with Crippen molar-refractivity contribution in [1.29, 1.82) is 0 Å². The fourth-order valence-electron chi connectivity index (χ4n) is 1.78. The Kier molecular flexibility index (Phi) is 3.21. The average Bonchev–Trinajstić information content (AvgIpc) is 2.28. The Morgan fingerprint density at radius 1 is 1.40 bits per heavy atom. The molecule has 1 N–H and O–H groups in total. The number of alkyl halides is 1. The van der Waals surface area contributed by atoms with Crippen molar-refractivity contribution >= 4 is 0 Å². The lowest BCUT2D eigenvalue weighted by Gasteiger charge is -2.31. The number of hydrogen-bond donors (Lipinski definition) is 1. The summed E-state index contributed by atoms with van der Waals surface area (Å²) in [4.78, 5) is 0. The van der Waals surface area contributed by atoms with E-state index >= 15 is 0 Å². The normalized spacial score (nSPS) is 24.7. The number of hydrogen-bond acceptors (Lipinski definition) is 2. The topological polar surface area (TPSA) is 21.3 Å². The molecule has 82 valence electrons. The third kappa shape index (κ3) is 2.29. The lowest BCUT2D eigenvalue weighted by Crippen LogP contribution is -2.45. The van der Waals surface area contributed by atoms with Gasteiger partial charge in [-0.15, -0.1) is 0 Å². The number of benzene rings is 1. The van der Waals surface area contributed by atoms with Crippen LogP contribution in [0.2, 0.25) is 0 Å². The zero-order chi connectivity index (χ0) is 10.7. The highest BCUT2D eigenvalue weighted by Gasteiger charge is 2.29. The van der Waals surface area contributed by atoms with Gasteiger partial charge in [0.2, 0.25) is 0 Å². The summed E-state index contributed by atoms with van der Waals surface area (Å²) in [6.07, 6.45) is 0.972. The fraction of sp³-hybridized carbons (Fsp3) is 0.500. The summed E-state index contributed by atoms with van der Waals surface area (Å²) in [5.41, 5.74) is 1.08. The molecular weight excluding hydrogens is 193 g/mol. The molecule has 0 bridgehead atoms. The molecule has 2 rings (SSSR count). The molecule has 0 amide bonds.